The number of hydrogen-bond acceptors (Lipinski definition) is 5. The van der Waals surface area contributed by atoms with Crippen LogP contribution in [-0.4, -0.2) is 37.3 Å². The van der Waals surface area contributed by atoms with Gasteiger partial charge in [-0.25, -0.2) is 8.42 Å². The highest BCUT2D eigenvalue weighted by atomic mass is 32.2. The van der Waals surface area contributed by atoms with E-state index < -0.39 is 9.84 Å². The van der Waals surface area contributed by atoms with Gasteiger partial charge in [-0.05, 0) is 38.4 Å². The van der Waals surface area contributed by atoms with Crippen LogP contribution in [0.4, 0.5) is 0 Å². The maximum Gasteiger partial charge on any atom is 0.179 e. The van der Waals surface area contributed by atoms with E-state index in [0.717, 1.165) is 30.8 Å². The molecule has 22 heavy (non-hydrogen) atoms. The Morgan fingerprint density at radius 1 is 1.32 bits per heavy atom. The Labute approximate surface area is 130 Å². The molecule has 1 aliphatic rings. The first-order valence-electron chi connectivity index (χ1n) is 7.51. The molecule has 0 N–H and O–H groups in total. The zero-order chi connectivity index (χ0) is 15.6. The van der Waals surface area contributed by atoms with Crippen LogP contribution in [0.25, 0.3) is 0 Å². The van der Waals surface area contributed by atoms with E-state index in [4.69, 9.17) is 4.52 Å². The molecule has 6 heteroatoms. The lowest BCUT2D eigenvalue weighted by Gasteiger charge is -2.22. The van der Waals surface area contributed by atoms with E-state index in [1.165, 1.54) is 0 Å². The molecule has 3 rings (SSSR count). The molecule has 1 saturated heterocycles. The number of sulfone groups is 1. The summed E-state index contributed by atoms with van der Waals surface area (Å²) < 4.78 is 30.1. The van der Waals surface area contributed by atoms with Crippen LogP contribution >= 0.6 is 0 Å². The number of likely N-dealkylation sites (tertiary alicyclic amines) is 1. The Kier molecular flexibility index (Phi) is 4.31. The number of benzene rings is 1. The van der Waals surface area contributed by atoms with Gasteiger partial charge < -0.3 is 4.52 Å². The van der Waals surface area contributed by atoms with Gasteiger partial charge in [0.1, 0.15) is 0 Å². The zero-order valence-electron chi connectivity index (χ0n) is 12.6. The molecule has 1 aliphatic heterocycles. The first-order valence-corrected chi connectivity index (χ1v) is 9.16. The fourth-order valence-electron chi connectivity index (χ4n) is 2.94. The van der Waals surface area contributed by atoms with Crippen molar-refractivity contribution in [1.82, 2.24) is 10.1 Å². The van der Waals surface area contributed by atoms with E-state index >= 15 is 0 Å². The molecule has 2 heterocycles. The molecule has 1 fully saturated rings. The van der Waals surface area contributed by atoms with Crippen LogP contribution in [0, 0.1) is 6.92 Å². The number of rotatable bonds is 5. The van der Waals surface area contributed by atoms with Gasteiger partial charge in [0, 0.05) is 12.6 Å². The van der Waals surface area contributed by atoms with Crippen molar-refractivity contribution in [3.63, 3.8) is 0 Å². The van der Waals surface area contributed by atoms with Gasteiger partial charge in [0.15, 0.2) is 15.6 Å². The lowest BCUT2D eigenvalue weighted by atomic mass is 10.1. The SMILES string of the molecule is Cc1cc([C@H]2CCCN2CCS(=O)(=O)c2ccccc2)on1. The summed E-state index contributed by atoms with van der Waals surface area (Å²) in [5.74, 6) is 0.966. The molecular formula is C16H20N2O3S. The van der Waals surface area contributed by atoms with Crippen LogP contribution in [-0.2, 0) is 9.84 Å². The quantitative estimate of drug-likeness (QED) is 0.847. The lowest BCUT2D eigenvalue weighted by molar-refractivity contribution is 0.223. The van der Waals surface area contributed by atoms with Gasteiger partial charge in [-0.1, -0.05) is 23.4 Å². The molecule has 0 aliphatic carbocycles. The Morgan fingerprint density at radius 3 is 2.77 bits per heavy atom. The Morgan fingerprint density at radius 2 is 2.09 bits per heavy atom. The highest BCUT2D eigenvalue weighted by Crippen LogP contribution is 2.32. The topological polar surface area (TPSA) is 63.4 Å². The van der Waals surface area contributed by atoms with Crippen molar-refractivity contribution < 1.29 is 12.9 Å². The minimum absolute atomic E-state index is 0.126. The third-order valence-corrected chi connectivity index (χ3v) is 5.80. The predicted molar refractivity (Wildman–Crippen MR) is 83.3 cm³/mol. The third kappa shape index (κ3) is 3.23. The summed E-state index contributed by atoms with van der Waals surface area (Å²) in [4.78, 5) is 2.57. The van der Waals surface area contributed by atoms with Crippen LogP contribution < -0.4 is 0 Å². The largest absolute Gasteiger partial charge is 0.359 e. The second-order valence-corrected chi connectivity index (χ2v) is 7.81. The van der Waals surface area contributed by atoms with E-state index in [2.05, 4.69) is 10.1 Å². The van der Waals surface area contributed by atoms with Crippen molar-refractivity contribution in [2.24, 2.45) is 0 Å². The minimum Gasteiger partial charge on any atom is -0.359 e. The molecule has 1 atom stereocenters. The highest BCUT2D eigenvalue weighted by Gasteiger charge is 2.30. The summed E-state index contributed by atoms with van der Waals surface area (Å²) >= 11 is 0. The van der Waals surface area contributed by atoms with Gasteiger partial charge >= 0.3 is 0 Å². The smallest absolute Gasteiger partial charge is 0.179 e. The fourth-order valence-corrected chi connectivity index (χ4v) is 4.22. The van der Waals surface area contributed by atoms with E-state index in [1.54, 1.807) is 24.3 Å². The van der Waals surface area contributed by atoms with Gasteiger partial charge in [0.2, 0.25) is 0 Å². The maximum atomic E-state index is 12.4. The average Bonchev–Trinajstić information content (AvgIpc) is 3.14. The molecule has 0 unspecified atom stereocenters. The first kappa shape index (κ1) is 15.2. The normalized spacial score (nSPS) is 19.6. The first-order chi connectivity index (χ1) is 10.6. The highest BCUT2D eigenvalue weighted by molar-refractivity contribution is 7.91. The summed E-state index contributed by atoms with van der Waals surface area (Å²) in [5, 5.41) is 3.93. The van der Waals surface area contributed by atoms with Gasteiger partial charge in [-0.2, -0.15) is 0 Å². The van der Waals surface area contributed by atoms with Crippen LogP contribution in [0.15, 0.2) is 45.8 Å². The van der Waals surface area contributed by atoms with E-state index in [0.29, 0.717) is 11.4 Å². The predicted octanol–water partition coefficient (Wildman–Crippen LogP) is 2.59. The molecule has 0 bridgehead atoms. The monoisotopic (exact) mass is 320 g/mol. The van der Waals surface area contributed by atoms with Gasteiger partial charge in [0.25, 0.3) is 0 Å². The Bertz CT molecular complexity index is 725. The van der Waals surface area contributed by atoms with Crippen LogP contribution in [0.1, 0.15) is 30.3 Å². The van der Waals surface area contributed by atoms with Crippen molar-refractivity contribution in [3.05, 3.63) is 47.9 Å². The molecule has 5 nitrogen and oxygen atoms in total. The lowest BCUT2D eigenvalue weighted by Crippen LogP contribution is -2.29. The number of hydrogen-bond donors (Lipinski definition) is 0. The van der Waals surface area contributed by atoms with Crippen LogP contribution in [0.2, 0.25) is 0 Å². The van der Waals surface area contributed by atoms with Crippen molar-refractivity contribution in [2.45, 2.75) is 30.7 Å². The molecular weight excluding hydrogens is 300 g/mol. The summed E-state index contributed by atoms with van der Waals surface area (Å²) in [5.41, 5.74) is 0.860. The van der Waals surface area contributed by atoms with Crippen molar-refractivity contribution in [3.8, 4) is 0 Å². The summed E-state index contributed by atoms with van der Waals surface area (Å²) in [6.07, 6.45) is 2.04. The van der Waals surface area contributed by atoms with Crippen LogP contribution in [0.5, 0.6) is 0 Å². The molecule has 118 valence electrons. The number of nitrogens with zero attached hydrogens (tertiary/aromatic N) is 2. The molecule has 0 spiro atoms. The van der Waals surface area contributed by atoms with Gasteiger partial charge in [0.05, 0.1) is 22.4 Å². The molecule has 0 saturated carbocycles. The van der Waals surface area contributed by atoms with E-state index in [-0.39, 0.29) is 11.8 Å². The Hall–Kier alpha value is -1.66. The molecule has 1 aromatic carbocycles. The van der Waals surface area contributed by atoms with Crippen molar-refractivity contribution in [1.29, 1.82) is 0 Å². The molecule has 2 aromatic rings. The van der Waals surface area contributed by atoms with Crippen molar-refractivity contribution >= 4 is 9.84 Å². The summed E-state index contributed by atoms with van der Waals surface area (Å²) in [6.45, 7) is 3.31. The number of aromatic nitrogens is 1. The summed E-state index contributed by atoms with van der Waals surface area (Å²) in [6, 6.07) is 10.7. The van der Waals surface area contributed by atoms with Gasteiger partial charge in [-0.3, -0.25) is 4.90 Å². The van der Waals surface area contributed by atoms with Gasteiger partial charge in [-0.15, -0.1) is 0 Å². The second-order valence-electron chi connectivity index (χ2n) is 5.70. The summed E-state index contributed by atoms with van der Waals surface area (Å²) in [7, 11) is -3.24. The molecule has 0 amide bonds. The fraction of sp³-hybridized carbons (Fsp3) is 0.438. The van der Waals surface area contributed by atoms with Crippen LogP contribution in [0.3, 0.4) is 0 Å². The van der Waals surface area contributed by atoms with Crippen molar-refractivity contribution in [2.75, 3.05) is 18.8 Å². The van der Waals surface area contributed by atoms with E-state index in [9.17, 15) is 8.42 Å². The zero-order valence-corrected chi connectivity index (χ0v) is 13.4. The van der Waals surface area contributed by atoms with E-state index in [1.807, 2.05) is 19.1 Å². The second kappa shape index (κ2) is 6.22. The number of aryl methyl sites for hydroxylation is 1. The standard InChI is InChI=1S/C16H20N2O3S/c1-13-12-16(21-17-13)15-8-5-9-18(15)10-11-22(19,20)14-6-3-2-4-7-14/h2-4,6-7,12,15H,5,8-11H2,1H3/t15-/m1/s1. The maximum absolute atomic E-state index is 12.4. The Balaban J connectivity index is 1.68. The average molecular weight is 320 g/mol. The molecule has 0 radical (unpaired) electrons. The molecule has 1 aromatic heterocycles. The third-order valence-electron chi connectivity index (χ3n) is 4.09. The minimum atomic E-state index is -3.24.